The summed E-state index contributed by atoms with van der Waals surface area (Å²) in [6.45, 7) is 0. The van der Waals surface area contributed by atoms with Gasteiger partial charge in [-0.15, -0.1) is 0 Å². The van der Waals surface area contributed by atoms with Gasteiger partial charge in [0.05, 0.1) is 10.8 Å². The lowest BCUT2D eigenvalue weighted by Crippen LogP contribution is -2.26. The Hall–Kier alpha value is -13.7. The molecule has 0 aliphatic heterocycles. The van der Waals surface area contributed by atoms with Crippen LogP contribution in [0.5, 0.6) is 0 Å². The number of hydrogen-bond donors (Lipinski definition) is 0. The van der Waals surface area contributed by atoms with Crippen LogP contribution in [-0.4, -0.2) is 0 Å². The molecule has 0 saturated carbocycles. The largest absolute Gasteiger partial charge is 0.311 e. The van der Waals surface area contributed by atoms with E-state index in [-0.39, 0.29) is 0 Å². The van der Waals surface area contributed by atoms with Crippen LogP contribution in [0.1, 0.15) is 44.5 Å². The third-order valence-electron chi connectivity index (χ3n) is 23.1. The minimum absolute atomic E-state index is 0.408. The van der Waals surface area contributed by atoms with Crippen molar-refractivity contribution in [3.8, 4) is 111 Å². The smallest absolute Gasteiger partial charge is 0.0725 e. The monoisotopic (exact) mass is 1340 g/mol. The van der Waals surface area contributed by atoms with E-state index < -0.39 is 10.8 Å². The average molecular weight is 1350 g/mol. The molecule has 0 saturated heterocycles. The Morgan fingerprint density at radius 1 is 0.132 bits per heavy atom. The van der Waals surface area contributed by atoms with Gasteiger partial charge in [-0.05, 0) is 241 Å². The molecule has 0 bridgehead atoms. The zero-order valence-corrected chi connectivity index (χ0v) is 58.2. The first-order valence-corrected chi connectivity index (χ1v) is 36.9. The fraction of sp³-hybridized carbons (Fsp3) is 0.0192. The van der Waals surface area contributed by atoms with Crippen molar-refractivity contribution >= 4 is 34.1 Å². The normalized spacial score (nSPS) is 14.0. The summed E-state index contributed by atoms with van der Waals surface area (Å²) in [5.74, 6) is 0. The maximum atomic E-state index is 2.51. The van der Waals surface area contributed by atoms with Gasteiger partial charge < -0.3 is 9.80 Å². The first-order valence-electron chi connectivity index (χ1n) is 36.9. The Balaban J connectivity index is 0.634. The van der Waals surface area contributed by atoms with Gasteiger partial charge >= 0.3 is 0 Å². The van der Waals surface area contributed by atoms with Crippen molar-refractivity contribution < 1.29 is 0 Å². The zero-order chi connectivity index (χ0) is 69.9. The van der Waals surface area contributed by atoms with Gasteiger partial charge in [0.1, 0.15) is 0 Å². The quantitative estimate of drug-likeness (QED) is 0.120. The number of rotatable bonds is 12. The molecule has 0 fully saturated rings. The van der Waals surface area contributed by atoms with Crippen LogP contribution in [0.2, 0.25) is 0 Å². The molecular formula is C104H68N2. The molecule has 4 aliphatic carbocycles. The van der Waals surface area contributed by atoms with Crippen molar-refractivity contribution in [1.82, 2.24) is 0 Å². The fourth-order valence-corrected chi connectivity index (χ4v) is 18.5. The van der Waals surface area contributed by atoms with Gasteiger partial charge in [0.25, 0.3) is 0 Å². The molecule has 0 heterocycles. The number of nitrogens with zero attached hydrogens (tertiary/aromatic N) is 2. The predicted molar refractivity (Wildman–Crippen MR) is 441 cm³/mol. The van der Waals surface area contributed by atoms with Crippen LogP contribution < -0.4 is 9.80 Å². The molecule has 17 aromatic carbocycles. The van der Waals surface area contributed by atoms with Crippen LogP contribution in [0.15, 0.2) is 413 Å². The van der Waals surface area contributed by atoms with Crippen molar-refractivity contribution in [2.24, 2.45) is 0 Å². The number of anilines is 6. The van der Waals surface area contributed by atoms with Crippen LogP contribution >= 0.6 is 0 Å². The van der Waals surface area contributed by atoms with E-state index in [0.29, 0.717) is 0 Å². The molecule has 0 aromatic heterocycles. The molecule has 106 heavy (non-hydrogen) atoms. The Labute approximate surface area is 619 Å². The van der Waals surface area contributed by atoms with Gasteiger partial charge in [-0.1, -0.05) is 328 Å². The molecule has 2 nitrogen and oxygen atoms in total. The van der Waals surface area contributed by atoms with E-state index in [1.54, 1.807) is 0 Å². The van der Waals surface area contributed by atoms with Crippen molar-refractivity contribution in [2.75, 3.05) is 9.80 Å². The summed E-state index contributed by atoms with van der Waals surface area (Å²) < 4.78 is 0. The van der Waals surface area contributed by atoms with E-state index in [9.17, 15) is 0 Å². The first kappa shape index (κ1) is 61.0. The third kappa shape index (κ3) is 9.37. The Kier molecular flexibility index (Phi) is 14.1. The number of hydrogen-bond acceptors (Lipinski definition) is 2. The Bertz CT molecular complexity index is 6150. The van der Waals surface area contributed by atoms with Crippen LogP contribution in [0.3, 0.4) is 0 Å². The summed E-state index contributed by atoms with van der Waals surface area (Å²) in [6, 6.07) is 154. The van der Waals surface area contributed by atoms with Gasteiger partial charge in [-0.25, -0.2) is 0 Å². The number of fused-ring (bicyclic) bond motifs is 20. The van der Waals surface area contributed by atoms with Crippen molar-refractivity contribution in [2.45, 2.75) is 10.8 Å². The molecule has 0 amide bonds. The van der Waals surface area contributed by atoms with Crippen LogP contribution in [0.25, 0.3) is 111 Å². The van der Waals surface area contributed by atoms with E-state index in [4.69, 9.17) is 0 Å². The minimum atomic E-state index is -0.555. The van der Waals surface area contributed by atoms with Crippen LogP contribution in [-0.2, 0) is 10.8 Å². The second kappa shape index (κ2) is 24.5. The van der Waals surface area contributed by atoms with Crippen molar-refractivity contribution in [3.63, 3.8) is 0 Å². The lowest BCUT2D eigenvalue weighted by atomic mass is 9.70. The van der Waals surface area contributed by atoms with E-state index in [1.807, 2.05) is 0 Å². The maximum Gasteiger partial charge on any atom is 0.0725 e. The second-order valence-corrected chi connectivity index (χ2v) is 28.5. The SMILES string of the molecule is c1ccc(-c2ccc(N(c3ccc(-c4cccc(-c5ccc6c(c5)C5(c7ccccc7-c7cc(N(c8ccc(-c9ccccc9)cc8)c8ccc(-c9ccccc9)cc8)ccc75)c5ccccc5-6)c4)cc3)c3ccc(-c4cccc5c4-c4ccccc4C54c5ccccc5-c5ccccc54)cc3)cc2)cc1. The highest BCUT2D eigenvalue weighted by Gasteiger charge is 2.53. The summed E-state index contributed by atoms with van der Waals surface area (Å²) in [4.78, 5) is 4.82. The highest BCUT2D eigenvalue weighted by molar-refractivity contribution is 6.02. The lowest BCUT2D eigenvalue weighted by Gasteiger charge is -2.31. The molecular weight excluding hydrogens is 1280 g/mol. The molecule has 21 rings (SSSR count). The van der Waals surface area contributed by atoms with Gasteiger partial charge in [0.2, 0.25) is 0 Å². The summed E-state index contributed by atoms with van der Waals surface area (Å²) in [6.07, 6.45) is 0. The minimum Gasteiger partial charge on any atom is -0.311 e. The fourth-order valence-electron chi connectivity index (χ4n) is 18.5. The van der Waals surface area contributed by atoms with Gasteiger partial charge in [0.15, 0.2) is 0 Å². The molecule has 0 radical (unpaired) electrons. The van der Waals surface area contributed by atoms with E-state index in [0.717, 1.165) is 45.3 Å². The maximum absolute atomic E-state index is 2.51. The molecule has 4 aliphatic rings. The molecule has 2 spiro atoms. The highest BCUT2D eigenvalue weighted by atomic mass is 15.1. The van der Waals surface area contributed by atoms with Gasteiger partial charge in [0, 0.05) is 34.1 Å². The summed E-state index contributed by atoms with van der Waals surface area (Å²) in [5.41, 5.74) is 40.7. The third-order valence-corrected chi connectivity index (χ3v) is 23.1. The lowest BCUT2D eigenvalue weighted by molar-refractivity contribution is 0.794. The molecule has 2 heteroatoms. The first-order chi connectivity index (χ1) is 52.6. The Morgan fingerprint density at radius 2 is 0.396 bits per heavy atom. The topological polar surface area (TPSA) is 6.48 Å². The van der Waals surface area contributed by atoms with E-state index >= 15 is 0 Å². The van der Waals surface area contributed by atoms with Crippen molar-refractivity contribution in [3.05, 3.63) is 457 Å². The average Bonchev–Trinajstić information content (AvgIpc) is 1.52. The molecule has 0 N–H and O–H groups in total. The zero-order valence-electron chi connectivity index (χ0n) is 58.2. The molecule has 1 atom stereocenters. The number of benzene rings is 17. The molecule has 17 aromatic rings. The molecule has 494 valence electrons. The standard InChI is InChI=1S/C104H68N2/c1-4-22-69(23-5-1)72-42-53-80(54-43-72)105(82-61-50-76(51-62-82)86-35-21-41-100-102(86)92-34-14-19-40-98(92)103(100)94-36-15-10-30-87(94)88-31-11-16-37-95(88)103)81-59-48-75(49-60-81)77-28-20-29-78(66-77)79-52-64-91-89-32-12-17-38-96(89)104(101(91)67-79)97-39-18-13-33-90(97)93-68-85(63-65-99(93)104)106(83-55-44-73(45-56-83)70-24-6-2-7-25-70)84-57-46-74(47-58-84)71-26-8-3-9-27-71/h1-68H. The van der Waals surface area contributed by atoms with Crippen molar-refractivity contribution in [1.29, 1.82) is 0 Å². The molecule has 1 unspecified atom stereocenters. The van der Waals surface area contributed by atoms with Crippen LogP contribution in [0.4, 0.5) is 34.1 Å². The van der Waals surface area contributed by atoms with Gasteiger partial charge in [-0.3, -0.25) is 0 Å². The van der Waals surface area contributed by atoms with E-state index in [2.05, 4.69) is 422 Å². The second-order valence-electron chi connectivity index (χ2n) is 28.5. The summed E-state index contributed by atoms with van der Waals surface area (Å²) in [5, 5.41) is 0. The summed E-state index contributed by atoms with van der Waals surface area (Å²) in [7, 11) is 0. The highest BCUT2D eigenvalue weighted by Crippen LogP contribution is 2.66. The Morgan fingerprint density at radius 3 is 0.849 bits per heavy atom. The summed E-state index contributed by atoms with van der Waals surface area (Å²) >= 11 is 0. The predicted octanol–water partition coefficient (Wildman–Crippen LogP) is 27.3. The van der Waals surface area contributed by atoms with E-state index in [1.165, 1.54) is 145 Å². The van der Waals surface area contributed by atoms with Crippen LogP contribution in [0, 0.1) is 0 Å². The van der Waals surface area contributed by atoms with Gasteiger partial charge in [-0.2, -0.15) is 0 Å².